The van der Waals surface area contributed by atoms with Crippen molar-refractivity contribution >= 4 is 26.8 Å². The van der Waals surface area contributed by atoms with Gasteiger partial charge in [-0.1, -0.05) is 12.5 Å². The number of aromatic nitrogens is 1. The molecule has 8 heteroatoms. The fourth-order valence-electron chi connectivity index (χ4n) is 3.06. The monoisotopic (exact) mass is 339 g/mol. The van der Waals surface area contributed by atoms with Crippen molar-refractivity contribution in [3.63, 3.8) is 0 Å². The Bertz CT molecular complexity index is 847. The molecule has 2 heterocycles. The molecule has 1 aromatic carbocycles. The molecule has 1 aromatic heterocycles. The number of halogens is 1. The van der Waals surface area contributed by atoms with E-state index in [1.807, 2.05) is 0 Å². The Morgan fingerprint density at radius 3 is 2.91 bits per heavy atom. The lowest BCUT2D eigenvalue weighted by molar-refractivity contribution is -0.125. The lowest BCUT2D eigenvalue weighted by atomic mass is 10.0. The van der Waals surface area contributed by atoms with Crippen LogP contribution >= 0.6 is 0 Å². The van der Waals surface area contributed by atoms with Crippen LogP contribution in [-0.2, 0) is 14.8 Å². The fraction of sp³-hybridized carbons (Fsp3) is 0.400. The highest BCUT2D eigenvalue weighted by Gasteiger charge is 2.38. The predicted molar refractivity (Wildman–Crippen MR) is 83.9 cm³/mol. The maximum absolute atomic E-state index is 14.1. The molecule has 0 bridgehead atoms. The van der Waals surface area contributed by atoms with E-state index in [0.717, 1.165) is 6.42 Å². The van der Waals surface area contributed by atoms with E-state index < -0.39 is 21.9 Å². The number of aromatic amines is 1. The number of nitrogens with one attached hydrogen (secondary N) is 2. The van der Waals surface area contributed by atoms with Crippen LogP contribution in [0.5, 0.6) is 0 Å². The Hall–Kier alpha value is -1.93. The third-order valence-corrected chi connectivity index (χ3v) is 6.14. The molecule has 2 aromatic rings. The predicted octanol–water partition coefficient (Wildman–Crippen LogP) is 1.60. The molecule has 1 unspecified atom stereocenters. The largest absolute Gasteiger partial charge is 0.360 e. The standard InChI is InChI=1S/C15H18FN3O3S/c1-17-15(20)12-7-2-3-8-19(12)23(21,22)13-9-18-11-6-4-5-10(16)14(11)13/h4-6,9,12,18H,2-3,7-8H2,1H3,(H,17,20). The molecule has 1 fully saturated rings. The SMILES string of the molecule is CNC(=O)C1CCCCN1S(=O)(=O)c1c[nH]c2cccc(F)c12. The normalized spacial score (nSPS) is 19.8. The van der Waals surface area contributed by atoms with Gasteiger partial charge in [-0.05, 0) is 25.0 Å². The van der Waals surface area contributed by atoms with E-state index in [9.17, 15) is 17.6 Å². The first-order valence-electron chi connectivity index (χ1n) is 7.46. The molecule has 1 saturated heterocycles. The number of sulfonamides is 1. The zero-order chi connectivity index (χ0) is 16.6. The molecular formula is C15H18FN3O3S. The van der Waals surface area contributed by atoms with Crippen LogP contribution in [0.15, 0.2) is 29.3 Å². The van der Waals surface area contributed by atoms with Gasteiger partial charge >= 0.3 is 0 Å². The van der Waals surface area contributed by atoms with Crippen LogP contribution in [0.2, 0.25) is 0 Å². The van der Waals surface area contributed by atoms with Crippen LogP contribution in [0.4, 0.5) is 4.39 Å². The molecule has 6 nitrogen and oxygen atoms in total. The molecular weight excluding hydrogens is 321 g/mol. The first-order chi connectivity index (χ1) is 11.0. The molecule has 1 atom stereocenters. The van der Waals surface area contributed by atoms with Crippen LogP contribution in [-0.4, -0.2) is 43.2 Å². The molecule has 2 N–H and O–H groups in total. The molecule has 0 radical (unpaired) electrons. The van der Waals surface area contributed by atoms with Gasteiger partial charge < -0.3 is 10.3 Å². The summed E-state index contributed by atoms with van der Waals surface area (Å²) in [5, 5.41) is 2.54. The lowest BCUT2D eigenvalue weighted by Crippen LogP contribution is -2.51. The van der Waals surface area contributed by atoms with Crippen molar-refractivity contribution in [2.24, 2.45) is 0 Å². The summed E-state index contributed by atoms with van der Waals surface area (Å²) in [7, 11) is -2.49. The summed E-state index contributed by atoms with van der Waals surface area (Å²) in [6.45, 7) is 0.252. The van der Waals surface area contributed by atoms with Crippen LogP contribution < -0.4 is 5.32 Å². The number of likely N-dealkylation sites (N-methyl/N-ethyl adjacent to an activating group) is 1. The van der Waals surface area contributed by atoms with E-state index in [1.165, 1.54) is 29.7 Å². The number of carbonyl (C=O) groups excluding carboxylic acids is 1. The van der Waals surface area contributed by atoms with E-state index in [4.69, 9.17) is 0 Å². The molecule has 1 amide bonds. The second kappa shape index (κ2) is 5.93. The lowest BCUT2D eigenvalue weighted by Gasteiger charge is -2.33. The number of piperidine rings is 1. The number of fused-ring (bicyclic) bond motifs is 1. The number of hydrogen-bond donors (Lipinski definition) is 2. The smallest absolute Gasteiger partial charge is 0.246 e. The van der Waals surface area contributed by atoms with Gasteiger partial charge in [-0.3, -0.25) is 4.79 Å². The van der Waals surface area contributed by atoms with Gasteiger partial charge in [0.25, 0.3) is 0 Å². The van der Waals surface area contributed by atoms with Gasteiger partial charge in [-0.15, -0.1) is 0 Å². The van der Waals surface area contributed by atoms with E-state index >= 15 is 0 Å². The van der Waals surface area contributed by atoms with Gasteiger partial charge in [0, 0.05) is 25.3 Å². The van der Waals surface area contributed by atoms with Crippen molar-refractivity contribution < 1.29 is 17.6 Å². The molecule has 3 rings (SSSR count). The van der Waals surface area contributed by atoms with Crippen molar-refractivity contribution in [3.05, 3.63) is 30.2 Å². The van der Waals surface area contributed by atoms with Crippen LogP contribution in [0, 0.1) is 5.82 Å². The summed E-state index contributed by atoms with van der Waals surface area (Å²) in [4.78, 5) is 14.7. The van der Waals surface area contributed by atoms with Gasteiger partial charge in [-0.2, -0.15) is 4.31 Å². The topological polar surface area (TPSA) is 82.3 Å². The summed E-state index contributed by atoms with van der Waals surface area (Å²) < 4.78 is 41.3. The molecule has 0 saturated carbocycles. The van der Waals surface area contributed by atoms with Crippen molar-refractivity contribution in [3.8, 4) is 0 Å². The average Bonchev–Trinajstić information content (AvgIpc) is 3.00. The third kappa shape index (κ3) is 2.61. The third-order valence-electron chi connectivity index (χ3n) is 4.21. The molecule has 1 aliphatic heterocycles. The number of benzene rings is 1. The molecule has 124 valence electrons. The minimum atomic E-state index is -3.97. The van der Waals surface area contributed by atoms with Crippen molar-refractivity contribution in [1.29, 1.82) is 0 Å². The Kier molecular flexibility index (Phi) is 4.11. The Morgan fingerprint density at radius 2 is 2.17 bits per heavy atom. The first kappa shape index (κ1) is 15.9. The average molecular weight is 339 g/mol. The Morgan fingerprint density at radius 1 is 1.39 bits per heavy atom. The maximum atomic E-state index is 14.1. The van der Waals surface area contributed by atoms with Gasteiger partial charge in [0.2, 0.25) is 15.9 Å². The number of nitrogens with zero attached hydrogens (tertiary/aromatic N) is 1. The van der Waals surface area contributed by atoms with Gasteiger partial charge in [-0.25, -0.2) is 12.8 Å². The minimum absolute atomic E-state index is 0.0359. The second-order valence-electron chi connectivity index (χ2n) is 5.56. The van der Waals surface area contributed by atoms with E-state index in [-0.39, 0.29) is 22.7 Å². The van der Waals surface area contributed by atoms with E-state index in [2.05, 4.69) is 10.3 Å². The van der Waals surface area contributed by atoms with Crippen molar-refractivity contribution in [2.45, 2.75) is 30.2 Å². The van der Waals surface area contributed by atoms with Gasteiger partial charge in [0.05, 0.1) is 5.39 Å². The second-order valence-corrected chi connectivity index (χ2v) is 7.42. The number of rotatable bonds is 3. The number of H-pyrrole nitrogens is 1. The molecule has 1 aliphatic rings. The fourth-order valence-corrected chi connectivity index (χ4v) is 4.89. The Balaban J connectivity index is 2.10. The molecule has 23 heavy (non-hydrogen) atoms. The zero-order valence-corrected chi connectivity index (χ0v) is 13.5. The number of carbonyl (C=O) groups is 1. The summed E-state index contributed by atoms with van der Waals surface area (Å²) in [6, 6.07) is 3.60. The van der Waals surface area contributed by atoms with Crippen LogP contribution in [0.1, 0.15) is 19.3 Å². The number of hydrogen-bond acceptors (Lipinski definition) is 3. The summed E-state index contributed by atoms with van der Waals surface area (Å²) in [6.07, 6.45) is 3.21. The minimum Gasteiger partial charge on any atom is -0.360 e. The van der Waals surface area contributed by atoms with Crippen LogP contribution in [0.3, 0.4) is 0 Å². The zero-order valence-electron chi connectivity index (χ0n) is 12.7. The van der Waals surface area contributed by atoms with Gasteiger partial charge in [0.1, 0.15) is 16.8 Å². The van der Waals surface area contributed by atoms with E-state index in [1.54, 1.807) is 6.07 Å². The first-order valence-corrected chi connectivity index (χ1v) is 8.90. The highest BCUT2D eigenvalue weighted by molar-refractivity contribution is 7.89. The summed E-state index contributed by atoms with van der Waals surface area (Å²) in [5.41, 5.74) is 0.414. The quantitative estimate of drug-likeness (QED) is 0.891. The van der Waals surface area contributed by atoms with Gasteiger partial charge in [0.15, 0.2) is 0 Å². The molecule has 0 spiro atoms. The maximum Gasteiger partial charge on any atom is 0.246 e. The molecule has 0 aliphatic carbocycles. The van der Waals surface area contributed by atoms with Crippen molar-refractivity contribution in [2.75, 3.05) is 13.6 Å². The highest BCUT2D eigenvalue weighted by atomic mass is 32.2. The van der Waals surface area contributed by atoms with Crippen molar-refractivity contribution in [1.82, 2.24) is 14.6 Å². The van der Waals surface area contributed by atoms with E-state index in [0.29, 0.717) is 18.4 Å². The summed E-state index contributed by atoms with van der Waals surface area (Å²) >= 11 is 0. The Labute approximate surface area is 133 Å². The van der Waals surface area contributed by atoms with Crippen LogP contribution in [0.25, 0.3) is 10.9 Å². The summed E-state index contributed by atoms with van der Waals surface area (Å²) in [5.74, 6) is -0.940. The highest BCUT2D eigenvalue weighted by Crippen LogP contribution is 2.31. The number of amides is 1.